The van der Waals surface area contributed by atoms with Gasteiger partial charge in [0.05, 0.1) is 11.1 Å². The Morgan fingerprint density at radius 1 is 1.08 bits per heavy atom. The van der Waals surface area contributed by atoms with E-state index in [0.29, 0.717) is 11.3 Å². The zero-order valence-corrected chi connectivity index (χ0v) is 14.3. The Bertz CT molecular complexity index is 744. The van der Waals surface area contributed by atoms with Crippen LogP contribution in [0, 0.1) is 0 Å². The fraction of sp³-hybridized carbons (Fsp3) is 0.294. The number of nitrogens with one attached hydrogen (secondary N) is 1. The number of hydrogen-bond acceptors (Lipinski definition) is 4. The van der Waals surface area contributed by atoms with E-state index in [-0.39, 0.29) is 28.6 Å². The third-order valence-electron chi connectivity index (χ3n) is 3.27. The third-order valence-corrected chi connectivity index (χ3v) is 3.58. The molecular formula is C17H16ClF4NO3. The van der Waals surface area contributed by atoms with Gasteiger partial charge in [-0.3, -0.25) is 0 Å². The molecule has 0 aliphatic carbocycles. The second kappa shape index (κ2) is 8.95. The van der Waals surface area contributed by atoms with E-state index in [1.165, 1.54) is 12.1 Å². The molecule has 9 heteroatoms. The van der Waals surface area contributed by atoms with Gasteiger partial charge in [0.1, 0.15) is 11.5 Å². The lowest BCUT2D eigenvalue weighted by molar-refractivity contribution is -0.0540. The minimum absolute atomic E-state index is 0.158. The van der Waals surface area contributed by atoms with Crippen LogP contribution in [-0.4, -0.2) is 31.0 Å². The van der Waals surface area contributed by atoms with Gasteiger partial charge in [-0.15, -0.1) is 0 Å². The second-order valence-electron chi connectivity index (χ2n) is 5.31. The lowest BCUT2D eigenvalue weighted by Gasteiger charge is -2.18. The number of aliphatic hydroxyl groups is 1. The fourth-order valence-corrected chi connectivity index (χ4v) is 2.56. The molecule has 0 aliphatic rings. The van der Waals surface area contributed by atoms with Gasteiger partial charge < -0.3 is 19.9 Å². The molecule has 1 unspecified atom stereocenters. The van der Waals surface area contributed by atoms with E-state index < -0.39 is 19.3 Å². The summed E-state index contributed by atoms with van der Waals surface area (Å²) < 4.78 is 59.0. The smallest absolute Gasteiger partial charge is 0.387 e. The van der Waals surface area contributed by atoms with Gasteiger partial charge in [-0.1, -0.05) is 17.7 Å². The van der Waals surface area contributed by atoms with E-state index >= 15 is 0 Å². The van der Waals surface area contributed by atoms with Gasteiger partial charge in [-0.25, -0.2) is 0 Å². The molecule has 0 fully saturated rings. The molecule has 0 saturated heterocycles. The van der Waals surface area contributed by atoms with Gasteiger partial charge in [0.2, 0.25) is 0 Å². The predicted molar refractivity (Wildman–Crippen MR) is 90.3 cm³/mol. The molecule has 0 radical (unpaired) electrons. The van der Waals surface area contributed by atoms with Gasteiger partial charge in [-0.2, -0.15) is 17.6 Å². The third kappa shape index (κ3) is 5.40. The first-order valence-corrected chi connectivity index (χ1v) is 7.90. The van der Waals surface area contributed by atoms with Crippen LogP contribution in [-0.2, 0) is 0 Å². The molecule has 142 valence electrons. The Hall–Kier alpha value is -2.19. The molecular weight excluding hydrogens is 378 g/mol. The molecule has 2 rings (SSSR count). The molecule has 0 heterocycles. The van der Waals surface area contributed by atoms with Crippen molar-refractivity contribution >= 4 is 17.3 Å². The normalized spacial score (nSPS) is 12.3. The zero-order chi connectivity index (χ0) is 19.3. The van der Waals surface area contributed by atoms with Crippen LogP contribution in [0.4, 0.5) is 23.2 Å². The highest BCUT2D eigenvalue weighted by molar-refractivity contribution is 6.34. The molecule has 26 heavy (non-hydrogen) atoms. The van der Waals surface area contributed by atoms with E-state index in [0.717, 1.165) is 6.07 Å². The highest BCUT2D eigenvalue weighted by Gasteiger charge is 2.19. The molecule has 2 N–H and O–H groups in total. The van der Waals surface area contributed by atoms with Crippen LogP contribution in [0.3, 0.4) is 0 Å². The van der Waals surface area contributed by atoms with Crippen LogP contribution in [0.5, 0.6) is 11.5 Å². The van der Waals surface area contributed by atoms with Crippen LogP contribution in [0.25, 0.3) is 11.1 Å². The van der Waals surface area contributed by atoms with Crippen LogP contribution < -0.4 is 14.8 Å². The van der Waals surface area contributed by atoms with Crippen molar-refractivity contribution in [1.29, 1.82) is 0 Å². The molecule has 0 amide bonds. The second-order valence-corrected chi connectivity index (χ2v) is 5.71. The summed E-state index contributed by atoms with van der Waals surface area (Å²) >= 11 is 6.22. The zero-order valence-electron chi connectivity index (χ0n) is 13.6. The molecule has 2 aromatic rings. The van der Waals surface area contributed by atoms with Crippen molar-refractivity contribution < 1.29 is 32.1 Å². The minimum Gasteiger partial charge on any atom is -0.435 e. The van der Waals surface area contributed by atoms with E-state index in [1.807, 2.05) is 0 Å². The molecule has 0 aliphatic heterocycles. The minimum atomic E-state index is -3.17. The number of rotatable bonds is 8. The first kappa shape index (κ1) is 20.1. The van der Waals surface area contributed by atoms with Gasteiger partial charge >= 0.3 is 13.2 Å². The first-order chi connectivity index (χ1) is 12.3. The number of aliphatic hydroxyl groups excluding tert-OH is 1. The number of alkyl halides is 4. The van der Waals surface area contributed by atoms with E-state index in [9.17, 15) is 22.7 Å². The quantitative estimate of drug-likeness (QED) is 0.619. The van der Waals surface area contributed by atoms with Crippen LogP contribution >= 0.6 is 11.6 Å². The van der Waals surface area contributed by atoms with Crippen molar-refractivity contribution in [3.8, 4) is 22.6 Å². The SMILES string of the molecule is CC(O)CNc1cccc(Cl)c1-c1ccc(OC(F)F)cc1OC(F)F. The average Bonchev–Trinajstić information content (AvgIpc) is 2.53. The maximum Gasteiger partial charge on any atom is 0.387 e. The molecule has 0 bridgehead atoms. The van der Waals surface area contributed by atoms with Crippen molar-refractivity contribution in [3.05, 3.63) is 41.4 Å². The standard InChI is InChI=1S/C17H16ClF4NO3/c1-9(24)8-23-13-4-2-3-12(18)15(13)11-6-5-10(25-16(19)20)7-14(11)26-17(21)22/h2-7,9,16-17,23-24H,8H2,1H3. The molecule has 4 nitrogen and oxygen atoms in total. The summed E-state index contributed by atoms with van der Waals surface area (Å²) in [6, 6.07) is 8.25. The molecule has 2 aromatic carbocycles. The number of anilines is 1. The van der Waals surface area contributed by atoms with Crippen LogP contribution in [0.2, 0.25) is 5.02 Å². The van der Waals surface area contributed by atoms with Gasteiger partial charge in [0, 0.05) is 29.4 Å². The summed E-state index contributed by atoms with van der Waals surface area (Å²) in [6.45, 7) is -4.53. The summed E-state index contributed by atoms with van der Waals surface area (Å²) in [5.74, 6) is -0.698. The van der Waals surface area contributed by atoms with Crippen molar-refractivity contribution in [3.63, 3.8) is 0 Å². The Morgan fingerprint density at radius 3 is 2.38 bits per heavy atom. The fourth-order valence-electron chi connectivity index (χ4n) is 2.28. The largest absolute Gasteiger partial charge is 0.435 e. The van der Waals surface area contributed by atoms with Crippen molar-refractivity contribution in [2.45, 2.75) is 26.3 Å². The van der Waals surface area contributed by atoms with Gasteiger partial charge in [0.25, 0.3) is 0 Å². The molecule has 0 saturated carbocycles. The lowest BCUT2D eigenvalue weighted by atomic mass is 10.0. The number of hydrogen-bond donors (Lipinski definition) is 2. The summed E-state index contributed by atoms with van der Waals surface area (Å²) in [7, 11) is 0. The summed E-state index contributed by atoms with van der Waals surface area (Å²) in [5.41, 5.74) is 0.944. The molecule has 0 aromatic heterocycles. The molecule has 0 spiro atoms. The summed E-state index contributed by atoms with van der Waals surface area (Å²) in [5, 5.41) is 12.6. The van der Waals surface area contributed by atoms with Crippen LogP contribution in [0.15, 0.2) is 36.4 Å². The van der Waals surface area contributed by atoms with E-state index in [1.54, 1.807) is 25.1 Å². The van der Waals surface area contributed by atoms with Crippen molar-refractivity contribution in [2.24, 2.45) is 0 Å². The number of benzene rings is 2. The Kier molecular flexibility index (Phi) is 6.93. The predicted octanol–water partition coefficient (Wildman–Crippen LogP) is 5.00. The Morgan fingerprint density at radius 2 is 1.77 bits per heavy atom. The lowest BCUT2D eigenvalue weighted by Crippen LogP contribution is -2.16. The topological polar surface area (TPSA) is 50.7 Å². The van der Waals surface area contributed by atoms with Crippen molar-refractivity contribution in [1.82, 2.24) is 0 Å². The number of ether oxygens (including phenoxy) is 2. The highest BCUT2D eigenvalue weighted by atomic mass is 35.5. The molecule has 1 atom stereocenters. The Labute approximate surface area is 152 Å². The maximum absolute atomic E-state index is 12.8. The van der Waals surface area contributed by atoms with Crippen LogP contribution in [0.1, 0.15) is 6.92 Å². The average molecular weight is 394 g/mol. The Balaban J connectivity index is 2.52. The van der Waals surface area contributed by atoms with Gasteiger partial charge in [0.15, 0.2) is 0 Å². The number of halogens is 5. The van der Waals surface area contributed by atoms with Gasteiger partial charge in [-0.05, 0) is 31.2 Å². The monoisotopic (exact) mass is 393 g/mol. The maximum atomic E-state index is 12.8. The first-order valence-electron chi connectivity index (χ1n) is 7.52. The summed E-state index contributed by atoms with van der Waals surface area (Å²) in [4.78, 5) is 0. The van der Waals surface area contributed by atoms with E-state index in [4.69, 9.17) is 11.6 Å². The van der Waals surface area contributed by atoms with E-state index in [2.05, 4.69) is 14.8 Å². The van der Waals surface area contributed by atoms with Crippen molar-refractivity contribution in [2.75, 3.05) is 11.9 Å². The summed E-state index contributed by atoms with van der Waals surface area (Å²) in [6.07, 6.45) is -0.666. The highest BCUT2D eigenvalue weighted by Crippen LogP contribution is 2.42.